The Morgan fingerprint density at radius 3 is 2.56 bits per heavy atom. The number of hydrogen-bond donors (Lipinski definition) is 2. The number of anilines is 1. The summed E-state index contributed by atoms with van der Waals surface area (Å²) in [5.41, 5.74) is 1.79. The van der Waals surface area contributed by atoms with Crippen molar-refractivity contribution in [2.75, 3.05) is 11.9 Å². The van der Waals surface area contributed by atoms with Crippen molar-refractivity contribution >= 4 is 33.4 Å². The number of carbonyl (C=O) groups excluding carboxylic acids is 2. The fourth-order valence-corrected chi connectivity index (χ4v) is 2.67. The number of halogens is 1. The van der Waals surface area contributed by atoms with Crippen molar-refractivity contribution in [3.8, 4) is 11.4 Å². The molecule has 0 aliphatic heterocycles. The van der Waals surface area contributed by atoms with Gasteiger partial charge >= 0.3 is 0 Å². The largest absolute Gasteiger partial charge is 0.352 e. The van der Waals surface area contributed by atoms with Gasteiger partial charge in [0.25, 0.3) is 5.91 Å². The molecule has 0 unspecified atom stereocenters. The molecule has 27 heavy (non-hydrogen) atoms. The van der Waals surface area contributed by atoms with Gasteiger partial charge in [-0.1, -0.05) is 33.2 Å². The first kappa shape index (κ1) is 18.8. The quantitative estimate of drug-likeness (QED) is 0.625. The van der Waals surface area contributed by atoms with Crippen LogP contribution in [0, 0.1) is 6.92 Å². The standard InChI is InChI=1S/C19H17BrN4O3/c1-12-22-18(24-27-12)15-4-2-3-5-16(15)23-17(25)10-11-21-19(26)13-6-8-14(20)9-7-13/h2-9H,10-11H2,1H3,(H,21,26)(H,23,25). The zero-order chi connectivity index (χ0) is 19.2. The average Bonchev–Trinajstić information content (AvgIpc) is 3.09. The van der Waals surface area contributed by atoms with Crippen LogP contribution >= 0.6 is 15.9 Å². The Morgan fingerprint density at radius 2 is 1.85 bits per heavy atom. The molecule has 2 aromatic carbocycles. The Morgan fingerprint density at radius 1 is 1.11 bits per heavy atom. The molecule has 0 atom stereocenters. The van der Waals surface area contributed by atoms with Crippen molar-refractivity contribution in [2.24, 2.45) is 0 Å². The van der Waals surface area contributed by atoms with Crippen LogP contribution in [0.4, 0.5) is 5.69 Å². The number of para-hydroxylation sites is 1. The Labute approximate surface area is 164 Å². The molecule has 7 nitrogen and oxygen atoms in total. The van der Waals surface area contributed by atoms with Crippen molar-refractivity contribution in [3.05, 3.63) is 64.5 Å². The van der Waals surface area contributed by atoms with E-state index in [0.717, 1.165) is 4.47 Å². The van der Waals surface area contributed by atoms with Gasteiger partial charge in [-0.3, -0.25) is 9.59 Å². The van der Waals surface area contributed by atoms with Crippen molar-refractivity contribution in [3.63, 3.8) is 0 Å². The fourth-order valence-electron chi connectivity index (χ4n) is 2.40. The van der Waals surface area contributed by atoms with Gasteiger partial charge in [0.2, 0.25) is 17.6 Å². The first-order valence-corrected chi connectivity index (χ1v) is 9.05. The van der Waals surface area contributed by atoms with E-state index in [4.69, 9.17) is 4.52 Å². The molecular weight excluding hydrogens is 412 g/mol. The third kappa shape index (κ3) is 5.01. The smallest absolute Gasteiger partial charge is 0.251 e. The highest BCUT2D eigenvalue weighted by Gasteiger charge is 2.13. The topological polar surface area (TPSA) is 97.1 Å². The summed E-state index contributed by atoms with van der Waals surface area (Å²) >= 11 is 3.32. The summed E-state index contributed by atoms with van der Waals surface area (Å²) in [6, 6.07) is 14.2. The molecule has 1 heterocycles. The molecule has 0 saturated carbocycles. The number of nitrogens with zero attached hydrogens (tertiary/aromatic N) is 2. The van der Waals surface area contributed by atoms with Crippen LogP contribution in [0.3, 0.4) is 0 Å². The summed E-state index contributed by atoms with van der Waals surface area (Å²) in [6.07, 6.45) is 0.141. The van der Waals surface area contributed by atoms with E-state index < -0.39 is 0 Å². The van der Waals surface area contributed by atoms with Crippen LogP contribution in [0.5, 0.6) is 0 Å². The Hall–Kier alpha value is -3.00. The van der Waals surface area contributed by atoms with Crippen molar-refractivity contribution in [2.45, 2.75) is 13.3 Å². The molecule has 3 rings (SSSR count). The Balaban J connectivity index is 1.56. The molecule has 0 aliphatic rings. The normalized spacial score (nSPS) is 10.4. The lowest BCUT2D eigenvalue weighted by atomic mass is 10.1. The van der Waals surface area contributed by atoms with Gasteiger partial charge in [0.1, 0.15) is 0 Å². The SMILES string of the molecule is Cc1nc(-c2ccccc2NC(=O)CCNC(=O)c2ccc(Br)cc2)no1. The highest BCUT2D eigenvalue weighted by molar-refractivity contribution is 9.10. The van der Waals surface area contributed by atoms with E-state index in [1.54, 1.807) is 49.4 Å². The molecule has 8 heteroatoms. The number of amides is 2. The third-order valence-electron chi connectivity index (χ3n) is 3.71. The molecule has 0 bridgehead atoms. The summed E-state index contributed by atoms with van der Waals surface area (Å²) in [6.45, 7) is 1.93. The molecule has 0 aliphatic carbocycles. The van der Waals surface area contributed by atoms with Crippen molar-refractivity contribution in [1.82, 2.24) is 15.5 Å². The molecule has 0 saturated heterocycles. The molecule has 1 aromatic heterocycles. The van der Waals surface area contributed by atoms with E-state index in [2.05, 4.69) is 36.7 Å². The van der Waals surface area contributed by atoms with Gasteiger partial charge in [-0.15, -0.1) is 0 Å². The number of hydrogen-bond acceptors (Lipinski definition) is 5. The number of aryl methyl sites for hydroxylation is 1. The van der Waals surface area contributed by atoms with E-state index >= 15 is 0 Å². The third-order valence-corrected chi connectivity index (χ3v) is 4.24. The zero-order valence-corrected chi connectivity index (χ0v) is 16.1. The van der Waals surface area contributed by atoms with E-state index in [9.17, 15) is 9.59 Å². The predicted molar refractivity (Wildman–Crippen MR) is 104 cm³/mol. The second-order valence-electron chi connectivity index (χ2n) is 5.74. The maximum absolute atomic E-state index is 12.2. The number of benzene rings is 2. The first-order chi connectivity index (χ1) is 13.0. The Kier molecular flexibility index (Phi) is 5.97. The van der Waals surface area contributed by atoms with Gasteiger partial charge in [0.15, 0.2) is 0 Å². The number of aromatic nitrogens is 2. The van der Waals surface area contributed by atoms with E-state index in [0.29, 0.717) is 28.5 Å². The average molecular weight is 429 g/mol. The van der Waals surface area contributed by atoms with Crippen LogP contribution in [-0.4, -0.2) is 28.5 Å². The highest BCUT2D eigenvalue weighted by atomic mass is 79.9. The second kappa shape index (κ2) is 8.59. The van der Waals surface area contributed by atoms with Crippen LogP contribution < -0.4 is 10.6 Å². The van der Waals surface area contributed by atoms with E-state index in [1.165, 1.54) is 0 Å². The van der Waals surface area contributed by atoms with Gasteiger partial charge in [-0.05, 0) is 36.4 Å². The first-order valence-electron chi connectivity index (χ1n) is 8.26. The molecule has 3 aromatic rings. The van der Waals surface area contributed by atoms with Gasteiger partial charge in [-0.25, -0.2) is 0 Å². The molecule has 0 radical (unpaired) electrons. The Bertz CT molecular complexity index is 954. The van der Waals surface area contributed by atoms with Crippen LogP contribution in [0.1, 0.15) is 22.7 Å². The fraction of sp³-hybridized carbons (Fsp3) is 0.158. The molecule has 2 N–H and O–H groups in total. The van der Waals surface area contributed by atoms with Crippen LogP contribution in [-0.2, 0) is 4.79 Å². The molecule has 138 valence electrons. The lowest BCUT2D eigenvalue weighted by molar-refractivity contribution is -0.116. The van der Waals surface area contributed by atoms with Crippen molar-refractivity contribution in [1.29, 1.82) is 0 Å². The van der Waals surface area contributed by atoms with Gasteiger partial charge in [-0.2, -0.15) is 4.98 Å². The lowest BCUT2D eigenvalue weighted by Crippen LogP contribution is -2.27. The minimum absolute atomic E-state index is 0.141. The van der Waals surface area contributed by atoms with Crippen LogP contribution in [0.2, 0.25) is 0 Å². The summed E-state index contributed by atoms with van der Waals surface area (Å²) in [4.78, 5) is 28.5. The summed E-state index contributed by atoms with van der Waals surface area (Å²) < 4.78 is 5.89. The second-order valence-corrected chi connectivity index (χ2v) is 6.66. The van der Waals surface area contributed by atoms with Gasteiger partial charge in [0, 0.05) is 35.5 Å². The molecule has 0 spiro atoms. The summed E-state index contributed by atoms with van der Waals surface area (Å²) in [7, 11) is 0. The molecular formula is C19H17BrN4O3. The number of rotatable bonds is 6. The predicted octanol–water partition coefficient (Wildman–Crippen LogP) is 3.57. The minimum Gasteiger partial charge on any atom is -0.352 e. The maximum Gasteiger partial charge on any atom is 0.251 e. The summed E-state index contributed by atoms with van der Waals surface area (Å²) in [5, 5.41) is 9.43. The molecule has 2 amide bonds. The van der Waals surface area contributed by atoms with E-state index in [-0.39, 0.29) is 24.8 Å². The zero-order valence-electron chi connectivity index (χ0n) is 14.5. The monoisotopic (exact) mass is 428 g/mol. The van der Waals surface area contributed by atoms with Crippen LogP contribution in [0.25, 0.3) is 11.4 Å². The van der Waals surface area contributed by atoms with Gasteiger partial charge < -0.3 is 15.2 Å². The number of nitrogens with one attached hydrogen (secondary N) is 2. The lowest BCUT2D eigenvalue weighted by Gasteiger charge is -2.09. The van der Waals surface area contributed by atoms with Gasteiger partial charge in [0.05, 0.1) is 5.69 Å². The van der Waals surface area contributed by atoms with Crippen molar-refractivity contribution < 1.29 is 14.1 Å². The highest BCUT2D eigenvalue weighted by Crippen LogP contribution is 2.25. The van der Waals surface area contributed by atoms with Crippen LogP contribution in [0.15, 0.2) is 57.5 Å². The summed E-state index contributed by atoms with van der Waals surface area (Å²) in [5.74, 6) is 0.408. The minimum atomic E-state index is -0.224. The van der Waals surface area contributed by atoms with E-state index in [1.807, 2.05) is 6.07 Å². The molecule has 0 fully saturated rings. The maximum atomic E-state index is 12.2. The number of carbonyl (C=O) groups is 2.